The summed E-state index contributed by atoms with van der Waals surface area (Å²) in [7, 11) is 0. The summed E-state index contributed by atoms with van der Waals surface area (Å²) in [6.45, 7) is 6.32. The van der Waals surface area contributed by atoms with E-state index < -0.39 is 23.4 Å². The standard InChI is InChI=1S/C20H27FN2O4/c1-14(2)7-10-23-13-20(27-19(23)26)8-11-22(12-9-20)18(25)17(24)15-3-5-16(21)6-4-15/h3-6,14,17,24H,7-13H2,1-2H3. The van der Waals surface area contributed by atoms with E-state index in [0.29, 0.717) is 50.5 Å². The summed E-state index contributed by atoms with van der Waals surface area (Å²) in [5.74, 6) is -0.303. The van der Waals surface area contributed by atoms with E-state index >= 15 is 0 Å². The Bertz CT molecular complexity index is 684. The number of hydrogen-bond donors (Lipinski definition) is 1. The number of nitrogens with zero attached hydrogens (tertiary/aromatic N) is 2. The zero-order valence-electron chi connectivity index (χ0n) is 15.9. The van der Waals surface area contributed by atoms with Gasteiger partial charge in [-0.15, -0.1) is 0 Å². The van der Waals surface area contributed by atoms with E-state index in [1.54, 1.807) is 9.80 Å². The summed E-state index contributed by atoms with van der Waals surface area (Å²) in [5.41, 5.74) is -0.167. The Morgan fingerprint density at radius 2 is 1.89 bits per heavy atom. The van der Waals surface area contributed by atoms with E-state index in [1.807, 2.05) is 0 Å². The molecule has 2 amide bonds. The van der Waals surface area contributed by atoms with Gasteiger partial charge < -0.3 is 19.6 Å². The van der Waals surface area contributed by atoms with Crippen molar-refractivity contribution >= 4 is 12.0 Å². The molecule has 2 heterocycles. The lowest BCUT2D eigenvalue weighted by Crippen LogP contribution is -2.49. The van der Waals surface area contributed by atoms with Crippen molar-refractivity contribution in [2.45, 2.75) is 44.8 Å². The monoisotopic (exact) mass is 378 g/mol. The molecular weight excluding hydrogens is 351 g/mol. The van der Waals surface area contributed by atoms with Crippen LogP contribution >= 0.6 is 0 Å². The molecule has 148 valence electrons. The fourth-order valence-corrected chi connectivity index (χ4v) is 3.63. The Kier molecular flexibility index (Phi) is 5.69. The van der Waals surface area contributed by atoms with Crippen LogP contribution in [-0.2, 0) is 9.53 Å². The highest BCUT2D eigenvalue weighted by Crippen LogP contribution is 2.34. The first-order chi connectivity index (χ1) is 12.8. The van der Waals surface area contributed by atoms with Gasteiger partial charge in [0, 0.05) is 32.5 Å². The summed E-state index contributed by atoms with van der Waals surface area (Å²) in [6.07, 6.45) is 0.451. The number of piperidine rings is 1. The van der Waals surface area contributed by atoms with Gasteiger partial charge in [-0.05, 0) is 30.0 Å². The Morgan fingerprint density at radius 3 is 2.48 bits per heavy atom. The van der Waals surface area contributed by atoms with E-state index in [0.717, 1.165) is 6.42 Å². The van der Waals surface area contributed by atoms with Gasteiger partial charge in [-0.1, -0.05) is 26.0 Å². The Hall–Kier alpha value is -2.15. The van der Waals surface area contributed by atoms with Gasteiger partial charge in [-0.3, -0.25) is 4.79 Å². The number of benzene rings is 1. The van der Waals surface area contributed by atoms with Crippen LogP contribution in [0.1, 0.15) is 44.8 Å². The maximum absolute atomic E-state index is 13.0. The van der Waals surface area contributed by atoms with E-state index in [-0.39, 0.29) is 6.09 Å². The lowest BCUT2D eigenvalue weighted by atomic mass is 9.90. The highest BCUT2D eigenvalue weighted by Gasteiger charge is 2.47. The maximum Gasteiger partial charge on any atom is 0.410 e. The van der Waals surface area contributed by atoms with E-state index in [9.17, 15) is 19.1 Å². The number of hydrogen-bond acceptors (Lipinski definition) is 4. The van der Waals surface area contributed by atoms with Gasteiger partial charge in [0.05, 0.1) is 6.54 Å². The molecule has 0 radical (unpaired) electrons. The molecule has 1 spiro atoms. The van der Waals surface area contributed by atoms with E-state index in [2.05, 4.69) is 13.8 Å². The molecule has 27 heavy (non-hydrogen) atoms. The first-order valence-electron chi connectivity index (χ1n) is 9.50. The Balaban J connectivity index is 1.56. The summed E-state index contributed by atoms with van der Waals surface area (Å²) in [6, 6.07) is 5.27. The molecule has 0 aliphatic carbocycles. The minimum Gasteiger partial charge on any atom is -0.441 e. The highest BCUT2D eigenvalue weighted by atomic mass is 19.1. The molecule has 1 aromatic carbocycles. The summed E-state index contributed by atoms with van der Waals surface area (Å²) >= 11 is 0. The molecule has 0 bridgehead atoms. The SMILES string of the molecule is CC(C)CCN1CC2(CCN(C(=O)C(O)c3ccc(F)cc3)CC2)OC1=O. The average molecular weight is 378 g/mol. The van der Waals surface area contributed by atoms with Crippen LogP contribution in [0.15, 0.2) is 24.3 Å². The van der Waals surface area contributed by atoms with Crippen molar-refractivity contribution in [1.29, 1.82) is 0 Å². The number of aliphatic hydroxyl groups is 1. The Morgan fingerprint density at radius 1 is 1.26 bits per heavy atom. The van der Waals surface area contributed by atoms with Crippen LogP contribution < -0.4 is 0 Å². The van der Waals surface area contributed by atoms with Crippen LogP contribution in [0.5, 0.6) is 0 Å². The molecule has 6 nitrogen and oxygen atoms in total. The third-order valence-electron chi connectivity index (χ3n) is 5.42. The minimum absolute atomic E-state index is 0.276. The quantitative estimate of drug-likeness (QED) is 0.855. The first-order valence-corrected chi connectivity index (χ1v) is 9.50. The van der Waals surface area contributed by atoms with Gasteiger partial charge in [0.1, 0.15) is 11.4 Å². The van der Waals surface area contributed by atoms with Crippen molar-refractivity contribution in [2.75, 3.05) is 26.2 Å². The lowest BCUT2D eigenvalue weighted by molar-refractivity contribution is -0.144. The summed E-state index contributed by atoms with van der Waals surface area (Å²) < 4.78 is 18.7. The number of halogens is 1. The average Bonchev–Trinajstić information content (AvgIpc) is 2.95. The van der Waals surface area contributed by atoms with Gasteiger partial charge in [0.2, 0.25) is 0 Å². The number of rotatable bonds is 5. The van der Waals surface area contributed by atoms with E-state index in [4.69, 9.17) is 4.74 Å². The number of aliphatic hydroxyl groups excluding tert-OH is 1. The number of ether oxygens (including phenoxy) is 1. The van der Waals surface area contributed by atoms with Crippen molar-refractivity contribution < 1.29 is 23.8 Å². The second-order valence-corrected chi connectivity index (χ2v) is 7.93. The maximum atomic E-state index is 13.0. The van der Waals surface area contributed by atoms with Crippen LogP contribution in [0.3, 0.4) is 0 Å². The number of carbonyl (C=O) groups is 2. The van der Waals surface area contributed by atoms with Crippen molar-refractivity contribution in [2.24, 2.45) is 5.92 Å². The topological polar surface area (TPSA) is 70.1 Å². The van der Waals surface area contributed by atoms with Gasteiger partial charge >= 0.3 is 6.09 Å². The first kappa shape index (κ1) is 19.6. The third-order valence-corrected chi connectivity index (χ3v) is 5.42. The van der Waals surface area contributed by atoms with Gasteiger partial charge in [-0.2, -0.15) is 0 Å². The lowest BCUT2D eigenvalue weighted by Gasteiger charge is -2.38. The number of likely N-dealkylation sites (tertiary alicyclic amines) is 1. The summed E-state index contributed by atoms with van der Waals surface area (Å²) in [4.78, 5) is 28.0. The van der Waals surface area contributed by atoms with E-state index in [1.165, 1.54) is 24.3 Å². The van der Waals surface area contributed by atoms with Gasteiger partial charge in [-0.25, -0.2) is 9.18 Å². The molecule has 2 saturated heterocycles. The fourth-order valence-electron chi connectivity index (χ4n) is 3.63. The molecule has 0 saturated carbocycles. The van der Waals surface area contributed by atoms with Crippen LogP contribution in [0, 0.1) is 11.7 Å². The smallest absolute Gasteiger partial charge is 0.410 e. The van der Waals surface area contributed by atoms with Crippen LogP contribution in [0.4, 0.5) is 9.18 Å². The fraction of sp³-hybridized carbons (Fsp3) is 0.600. The number of amides is 2. The zero-order chi connectivity index (χ0) is 19.6. The molecule has 1 atom stereocenters. The van der Waals surface area contributed by atoms with Gasteiger partial charge in [0.15, 0.2) is 6.10 Å². The molecule has 2 aliphatic rings. The van der Waals surface area contributed by atoms with Crippen LogP contribution in [-0.4, -0.2) is 58.7 Å². The predicted octanol–water partition coefficient (Wildman–Crippen LogP) is 2.72. The predicted molar refractivity (Wildman–Crippen MR) is 97.4 cm³/mol. The molecular formula is C20H27FN2O4. The van der Waals surface area contributed by atoms with Crippen molar-refractivity contribution in [3.63, 3.8) is 0 Å². The summed E-state index contributed by atoms with van der Waals surface area (Å²) in [5, 5.41) is 10.3. The minimum atomic E-state index is -1.31. The molecule has 1 aromatic rings. The normalized spacial score (nSPS) is 20.3. The number of carbonyl (C=O) groups excluding carboxylic acids is 2. The Labute approximate surface area is 158 Å². The largest absolute Gasteiger partial charge is 0.441 e. The molecule has 7 heteroatoms. The molecule has 1 unspecified atom stereocenters. The molecule has 2 aliphatic heterocycles. The van der Waals surface area contributed by atoms with Gasteiger partial charge in [0.25, 0.3) is 5.91 Å². The highest BCUT2D eigenvalue weighted by molar-refractivity contribution is 5.82. The second-order valence-electron chi connectivity index (χ2n) is 7.93. The van der Waals surface area contributed by atoms with Crippen LogP contribution in [0.2, 0.25) is 0 Å². The second kappa shape index (κ2) is 7.84. The molecule has 1 N–H and O–H groups in total. The van der Waals surface area contributed by atoms with Crippen molar-refractivity contribution in [1.82, 2.24) is 9.80 Å². The zero-order valence-corrected chi connectivity index (χ0v) is 15.9. The third kappa shape index (κ3) is 4.40. The van der Waals surface area contributed by atoms with Crippen molar-refractivity contribution in [3.05, 3.63) is 35.6 Å². The molecule has 0 aromatic heterocycles. The van der Waals surface area contributed by atoms with Crippen molar-refractivity contribution in [3.8, 4) is 0 Å². The molecule has 2 fully saturated rings. The van der Waals surface area contributed by atoms with Crippen LogP contribution in [0.25, 0.3) is 0 Å². The molecule has 3 rings (SSSR count).